The van der Waals surface area contributed by atoms with Crippen LogP contribution in [0.5, 0.6) is 0 Å². The molecule has 0 saturated heterocycles. The van der Waals surface area contributed by atoms with Crippen LogP contribution in [0.1, 0.15) is 13.3 Å². The Morgan fingerprint density at radius 1 is 1.50 bits per heavy atom. The second kappa shape index (κ2) is 7.32. The zero-order chi connectivity index (χ0) is 11.8. The minimum atomic E-state index is -0.181. The summed E-state index contributed by atoms with van der Waals surface area (Å²) in [6, 6.07) is 7.02. The first-order valence-electron chi connectivity index (χ1n) is 5.21. The molecule has 0 amide bonds. The highest BCUT2D eigenvalue weighted by molar-refractivity contribution is 7.99. The first-order valence-corrected chi connectivity index (χ1v) is 6.20. The summed E-state index contributed by atoms with van der Waals surface area (Å²) in [6.07, 6.45) is 0.829. The summed E-state index contributed by atoms with van der Waals surface area (Å²) in [5.41, 5.74) is 0. The highest BCUT2D eigenvalue weighted by Gasteiger charge is 2.05. The molecule has 0 saturated carbocycles. The van der Waals surface area contributed by atoms with Gasteiger partial charge in [-0.3, -0.25) is 0 Å². The molecule has 0 bridgehead atoms. The molecular weight excluding hydrogens is 221 g/mol. The van der Waals surface area contributed by atoms with E-state index in [1.165, 1.54) is 6.07 Å². The first kappa shape index (κ1) is 13.1. The second-order valence-corrected chi connectivity index (χ2v) is 4.48. The fourth-order valence-corrected chi connectivity index (χ4v) is 2.27. The molecule has 0 aliphatic heterocycles. The lowest BCUT2D eigenvalue weighted by atomic mass is 10.2. The predicted octanol–water partition coefficient (Wildman–Crippen LogP) is 2.92. The Bertz CT molecular complexity index is 381. The molecule has 0 radical (unpaired) electrons. The quantitative estimate of drug-likeness (QED) is 0.624. The maximum Gasteiger partial charge on any atom is 0.124 e. The van der Waals surface area contributed by atoms with Crippen molar-refractivity contribution in [2.24, 2.45) is 0 Å². The van der Waals surface area contributed by atoms with Crippen molar-refractivity contribution >= 4 is 11.8 Å². The van der Waals surface area contributed by atoms with Crippen LogP contribution in [0.4, 0.5) is 4.39 Å². The van der Waals surface area contributed by atoms with Gasteiger partial charge in [0.1, 0.15) is 5.82 Å². The van der Waals surface area contributed by atoms with Gasteiger partial charge in [0.05, 0.1) is 0 Å². The van der Waals surface area contributed by atoms with Crippen molar-refractivity contribution in [3.05, 3.63) is 30.1 Å². The normalized spacial score (nSPS) is 11.7. The molecule has 1 aromatic carbocycles. The number of halogens is 1. The third-order valence-electron chi connectivity index (χ3n) is 2.18. The van der Waals surface area contributed by atoms with Gasteiger partial charge in [-0.25, -0.2) is 4.39 Å². The van der Waals surface area contributed by atoms with Gasteiger partial charge in [0.2, 0.25) is 0 Å². The molecule has 1 atom stereocenters. The molecule has 1 rings (SSSR count). The Balaban J connectivity index is 2.45. The minimum absolute atomic E-state index is 0.181. The van der Waals surface area contributed by atoms with Crippen molar-refractivity contribution < 1.29 is 4.39 Å². The third kappa shape index (κ3) is 4.69. The first-order chi connectivity index (χ1) is 7.76. The van der Waals surface area contributed by atoms with Crippen LogP contribution in [-0.4, -0.2) is 18.8 Å². The Labute approximate surface area is 101 Å². The van der Waals surface area contributed by atoms with Crippen molar-refractivity contribution in [1.29, 1.82) is 0 Å². The molecular formula is C13H16FNS. The van der Waals surface area contributed by atoms with E-state index in [-0.39, 0.29) is 5.82 Å². The van der Waals surface area contributed by atoms with Gasteiger partial charge < -0.3 is 5.32 Å². The van der Waals surface area contributed by atoms with Crippen LogP contribution in [0.2, 0.25) is 0 Å². The van der Waals surface area contributed by atoms with Gasteiger partial charge >= 0.3 is 0 Å². The fourth-order valence-electron chi connectivity index (χ4n) is 1.22. The van der Waals surface area contributed by atoms with Crippen LogP contribution >= 0.6 is 11.8 Å². The number of benzene rings is 1. The number of hydrogen-bond donors (Lipinski definition) is 1. The highest BCUT2D eigenvalue weighted by atomic mass is 32.2. The predicted molar refractivity (Wildman–Crippen MR) is 68.0 cm³/mol. The van der Waals surface area contributed by atoms with Gasteiger partial charge in [0, 0.05) is 23.1 Å². The van der Waals surface area contributed by atoms with Gasteiger partial charge in [-0.1, -0.05) is 6.07 Å². The average Bonchev–Trinajstić information content (AvgIpc) is 2.29. The van der Waals surface area contributed by atoms with Gasteiger partial charge in [0.25, 0.3) is 0 Å². The summed E-state index contributed by atoms with van der Waals surface area (Å²) >= 11 is 1.65. The van der Waals surface area contributed by atoms with Gasteiger partial charge in [-0.05, 0) is 32.2 Å². The Kier molecular flexibility index (Phi) is 5.99. The standard InChI is InChI=1S/C13H16FNS/c1-3-4-7-12(15-2)10-16-13-8-5-6-11(14)9-13/h5-6,8-9,12,15H,7,10H2,1-2H3. The summed E-state index contributed by atoms with van der Waals surface area (Å²) in [5, 5.41) is 3.20. The van der Waals surface area contributed by atoms with Gasteiger partial charge in [-0.2, -0.15) is 0 Å². The molecule has 0 aliphatic carbocycles. The summed E-state index contributed by atoms with van der Waals surface area (Å²) in [5.74, 6) is 6.64. The average molecular weight is 237 g/mol. The van der Waals surface area contributed by atoms with Crippen LogP contribution in [0, 0.1) is 17.7 Å². The zero-order valence-electron chi connectivity index (χ0n) is 9.59. The molecule has 86 valence electrons. The molecule has 1 unspecified atom stereocenters. The monoisotopic (exact) mass is 237 g/mol. The van der Waals surface area contributed by atoms with Crippen LogP contribution < -0.4 is 5.32 Å². The van der Waals surface area contributed by atoms with Gasteiger partial charge in [-0.15, -0.1) is 23.6 Å². The maximum atomic E-state index is 12.9. The van der Waals surface area contributed by atoms with E-state index in [4.69, 9.17) is 0 Å². The lowest BCUT2D eigenvalue weighted by molar-refractivity contribution is 0.623. The van der Waals surface area contributed by atoms with E-state index in [1.54, 1.807) is 23.9 Å². The lowest BCUT2D eigenvalue weighted by Crippen LogP contribution is -2.27. The zero-order valence-corrected chi connectivity index (χ0v) is 10.4. The smallest absolute Gasteiger partial charge is 0.124 e. The van der Waals surface area contributed by atoms with E-state index in [1.807, 2.05) is 20.0 Å². The highest BCUT2D eigenvalue weighted by Crippen LogP contribution is 2.19. The SMILES string of the molecule is CC#CCC(CSc1cccc(F)c1)NC. The molecule has 0 spiro atoms. The molecule has 0 aliphatic rings. The summed E-state index contributed by atoms with van der Waals surface area (Å²) in [6.45, 7) is 1.84. The van der Waals surface area contributed by atoms with Crippen molar-refractivity contribution in [2.75, 3.05) is 12.8 Å². The summed E-state index contributed by atoms with van der Waals surface area (Å²) in [7, 11) is 1.92. The topological polar surface area (TPSA) is 12.0 Å². The van der Waals surface area contributed by atoms with E-state index in [9.17, 15) is 4.39 Å². The van der Waals surface area contributed by atoms with E-state index in [0.29, 0.717) is 6.04 Å². The third-order valence-corrected chi connectivity index (χ3v) is 3.34. The second-order valence-electron chi connectivity index (χ2n) is 3.38. The molecule has 1 aromatic rings. The molecule has 1 nitrogen and oxygen atoms in total. The van der Waals surface area contributed by atoms with Crippen LogP contribution in [-0.2, 0) is 0 Å². The molecule has 1 N–H and O–H groups in total. The number of nitrogens with one attached hydrogen (secondary N) is 1. The van der Waals surface area contributed by atoms with E-state index in [0.717, 1.165) is 17.1 Å². The Hall–Kier alpha value is -0.980. The van der Waals surface area contributed by atoms with Gasteiger partial charge in [0.15, 0.2) is 0 Å². The molecule has 16 heavy (non-hydrogen) atoms. The van der Waals surface area contributed by atoms with Crippen LogP contribution in [0.3, 0.4) is 0 Å². The maximum absolute atomic E-state index is 12.9. The van der Waals surface area contributed by atoms with Crippen LogP contribution in [0.15, 0.2) is 29.2 Å². The van der Waals surface area contributed by atoms with Crippen molar-refractivity contribution in [2.45, 2.75) is 24.3 Å². The largest absolute Gasteiger partial charge is 0.315 e. The molecule has 0 fully saturated rings. The molecule has 0 aromatic heterocycles. The summed E-state index contributed by atoms with van der Waals surface area (Å²) < 4.78 is 12.9. The lowest BCUT2D eigenvalue weighted by Gasteiger charge is -2.12. The van der Waals surface area contributed by atoms with Crippen molar-refractivity contribution in [3.8, 4) is 11.8 Å². The Morgan fingerprint density at radius 2 is 2.31 bits per heavy atom. The molecule has 3 heteroatoms. The van der Waals surface area contributed by atoms with E-state index >= 15 is 0 Å². The molecule has 0 heterocycles. The number of hydrogen-bond acceptors (Lipinski definition) is 2. The van der Waals surface area contributed by atoms with Crippen molar-refractivity contribution in [3.63, 3.8) is 0 Å². The Morgan fingerprint density at radius 3 is 2.94 bits per heavy atom. The minimum Gasteiger partial charge on any atom is -0.315 e. The summed E-state index contributed by atoms with van der Waals surface area (Å²) in [4.78, 5) is 0.963. The van der Waals surface area contributed by atoms with E-state index in [2.05, 4.69) is 17.2 Å². The van der Waals surface area contributed by atoms with Crippen LogP contribution in [0.25, 0.3) is 0 Å². The van der Waals surface area contributed by atoms with Crippen molar-refractivity contribution in [1.82, 2.24) is 5.32 Å². The van der Waals surface area contributed by atoms with E-state index < -0.39 is 0 Å². The fraction of sp³-hybridized carbons (Fsp3) is 0.385. The number of thioether (sulfide) groups is 1. The number of rotatable bonds is 5.